The van der Waals surface area contributed by atoms with Crippen LogP contribution in [0.25, 0.3) is 0 Å². The second kappa shape index (κ2) is 6.37. The second-order valence-corrected chi connectivity index (χ2v) is 6.74. The lowest BCUT2D eigenvalue weighted by Gasteiger charge is -2.13. The monoisotopic (exact) mass is 337 g/mol. The lowest BCUT2D eigenvalue weighted by Crippen LogP contribution is -2.16. The highest BCUT2D eigenvalue weighted by Gasteiger charge is 2.21. The van der Waals surface area contributed by atoms with Crippen LogP contribution in [-0.4, -0.2) is 21.5 Å². The van der Waals surface area contributed by atoms with Crippen LogP contribution >= 0.6 is 0 Å². The zero-order chi connectivity index (χ0) is 17.2. The minimum atomic E-state index is -3.95. The molecule has 0 saturated heterocycles. The molecule has 0 bridgehead atoms. The molecule has 0 radical (unpaired) electrons. The first-order valence-corrected chi connectivity index (χ1v) is 8.21. The van der Waals surface area contributed by atoms with Gasteiger partial charge in [-0.15, -0.1) is 0 Å². The number of hydrogen-bond acceptors (Lipinski definition) is 4. The molecular formula is C16H16FNO4S. The fourth-order valence-corrected chi connectivity index (χ4v) is 3.04. The van der Waals surface area contributed by atoms with Crippen LogP contribution in [0.2, 0.25) is 0 Å². The van der Waals surface area contributed by atoms with Gasteiger partial charge in [-0.1, -0.05) is 17.7 Å². The largest absolute Gasteiger partial charge is 0.465 e. The van der Waals surface area contributed by atoms with E-state index < -0.39 is 21.8 Å². The smallest absolute Gasteiger partial charge is 0.340 e. The Labute approximate surface area is 134 Å². The summed E-state index contributed by atoms with van der Waals surface area (Å²) in [4.78, 5) is 11.8. The highest BCUT2D eigenvalue weighted by molar-refractivity contribution is 7.92. The molecule has 0 fully saturated rings. The summed E-state index contributed by atoms with van der Waals surface area (Å²) in [7, 11) is -2.78. The molecule has 2 aromatic rings. The van der Waals surface area contributed by atoms with Crippen molar-refractivity contribution in [3.63, 3.8) is 0 Å². The van der Waals surface area contributed by atoms with Crippen LogP contribution in [0.4, 0.5) is 10.1 Å². The number of methoxy groups -OCH3 is 1. The molecule has 0 aliphatic carbocycles. The van der Waals surface area contributed by atoms with Gasteiger partial charge in [-0.05, 0) is 43.7 Å². The summed E-state index contributed by atoms with van der Waals surface area (Å²) in [6.07, 6.45) is 0. The van der Waals surface area contributed by atoms with E-state index in [1.807, 2.05) is 6.92 Å². The van der Waals surface area contributed by atoms with Gasteiger partial charge >= 0.3 is 5.97 Å². The number of hydrogen-bond donors (Lipinski definition) is 1. The van der Waals surface area contributed by atoms with E-state index in [0.717, 1.165) is 11.6 Å². The summed E-state index contributed by atoms with van der Waals surface area (Å²) < 4.78 is 45.4. The van der Waals surface area contributed by atoms with Crippen molar-refractivity contribution in [1.82, 2.24) is 0 Å². The normalized spacial score (nSPS) is 11.1. The van der Waals surface area contributed by atoms with E-state index in [1.54, 1.807) is 12.1 Å². The Morgan fingerprint density at radius 1 is 1.13 bits per heavy atom. The molecule has 2 rings (SSSR count). The molecule has 0 atom stereocenters. The van der Waals surface area contributed by atoms with Crippen molar-refractivity contribution in [2.75, 3.05) is 11.8 Å². The summed E-state index contributed by atoms with van der Waals surface area (Å²) in [5.74, 6) is -1.38. The van der Waals surface area contributed by atoms with E-state index in [9.17, 15) is 17.6 Å². The number of anilines is 1. The van der Waals surface area contributed by atoms with Crippen molar-refractivity contribution in [2.45, 2.75) is 18.7 Å². The molecular weight excluding hydrogens is 321 g/mol. The molecule has 1 N–H and O–H groups in total. The molecule has 0 aromatic heterocycles. The van der Waals surface area contributed by atoms with Crippen molar-refractivity contribution in [1.29, 1.82) is 0 Å². The van der Waals surface area contributed by atoms with E-state index in [-0.39, 0.29) is 21.7 Å². The Hall–Kier alpha value is -2.41. The maximum Gasteiger partial charge on any atom is 0.340 e. The number of carbonyl (C=O) groups excluding carboxylic acids is 1. The maximum atomic E-state index is 13.8. The van der Waals surface area contributed by atoms with Crippen molar-refractivity contribution in [2.24, 2.45) is 0 Å². The predicted octanol–water partition coefficient (Wildman–Crippen LogP) is 3.03. The van der Waals surface area contributed by atoms with Crippen molar-refractivity contribution >= 4 is 21.7 Å². The molecule has 0 spiro atoms. The van der Waals surface area contributed by atoms with Crippen LogP contribution in [0.1, 0.15) is 21.5 Å². The molecule has 7 heteroatoms. The summed E-state index contributed by atoms with van der Waals surface area (Å²) >= 11 is 0. The number of sulfonamides is 1. The van der Waals surface area contributed by atoms with E-state index in [0.29, 0.717) is 0 Å². The number of rotatable bonds is 4. The van der Waals surface area contributed by atoms with E-state index in [2.05, 4.69) is 9.46 Å². The number of carbonyl (C=O) groups is 1. The first-order chi connectivity index (χ1) is 10.7. The van der Waals surface area contributed by atoms with Crippen LogP contribution in [0.5, 0.6) is 0 Å². The van der Waals surface area contributed by atoms with Crippen molar-refractivity contribution < 1.29 is 22.3 Å². The van der Waals surface area contributed by atoms with Crippen LogP contribution < -0.4 is 4.72 Å². The number of benzene rings is 2. The highest BCUT2D eigenvalue weighted by Crippen LogP contribution is 2.24. The van der Waals surface area contributed by atoms with Crippen LogP contribution in [0, 0.1) is 19.7 Å². The quantitative estimate of drug-likeness (QED) is 0.871. The average molecular weight is 337 g/mol. The molecule has 122 valence electrons. The Morgan fingerprint density at radius 2 is 1.74 bits per heavy atom. The number of nitrogens with one attached hydrogen (secondary N) is 1. The lowest BCUT2D eigenvalue weighted by atomic mass is 10.1. The third-order valence-electron chi connectivity index (χ3n) is 3.28. The van der Waals surface area contributed by atoms with Crippen LogP contribution in [0.15, 0.2) is 41.3 Å². The van der Waals surface area contributed by atoms with Crippen molar-refractivity contribution in [3.05, 3.63) is 58.9 Å². The van der Waals surface area contributed by atoms with Crippen LogP contribution in [-0.2, 0) is 14.8 Å². The zero-order valence-electron chi connectivity index (χ0n) is 12.9. The van der Waals surface area contributed by atoms with Gasteiger partial charge < -0.3 is 4.74 Å². The van der Waals surface area contributed by atoms with Gasteiger partial charge in [0.1, 0.15) is 5.82 Å². The molecule has 0 saturated carbocycles. The van der Waals surface area contributed by atoms with E-state index >= 15 is 0 Å². The minimum Gasteiger partial charge on any atom is -0.465 e. The van der Waals surface area contributed by atoms with Gasteiger partial charge in [-0.25, -0.2) is 17.6 Å². The minimum absolute atomic E-state index is 0.0138. The Morgan fingerprint density at radius 3 is 2.30 bits per heavy atom. The zero-order valence-corrected chi connectivity index (χ0v) is 13.7. The third kappa shape index (κ3) is 3.68. The Bertz CT molecular complexity index is 845. The number of esters is 1. The fourth-order valence-electron chi connectivity index (χ4n) is 1.97. The van der Waals surface area contributed by atoms with E-state index in [1.165, 1.54) is 32.2 Å². The van der Waals surface area contributed by atoms with Gasteiger partial charge in [0.25, 0.3) is 10.0 Å². The summed E-state index contributed by atoms with van der Waals surface area (Å²) in [6, 6.07) is 8.36. The standard InChI is InChI=1S/C16H16FNO4S/c1-10-4-6-12(7-5-10)23(20,21)18-15-9-14(17)11(2)8-13(15)16(19)22-3/h4-9,18H,1-3H3. The van der Waals surface area contributed by atoms with Crippen molar-refractivity contribution in [3.8, 4) is 0 Å². The van der Waals surface area contributed by atoms with E-state index in [4.69, 9.17) is 0 Å². The molecule has 0 amide bonds. The fraction of sp³-hybridized carbons (Fsp3) is 0.188. The number of aryl methyl sites for hydroxylation is 2. The van der Waals surface area contributed by atoms with Gasteiger partial charge in [0.2, 0.25) is 0 Å². The van der Waals surface area contributed by atoms with Gasteiger partial charge in [0.15, 0.2) is 0 Å². The van der Waals surface area contributed by atoms with Gasteiger partial charge in [0, 0.05) is 0 Å². The summed E-state index contributed by atoms with van der Waals surface area (Å²) in [5, 5.41) is 0. The predicted molar refractivity (Wildman–Crippen MR) is 84.5 cm³/mol. The van der Waals surface area contributed by atoms with Gasteiger partial charge in [0.05, 0.1) is 23.3 Å². The topological polar surface area (TPSA) is 72.5 Å². The van der Waals surface area contributed by atoms with Crippen LogP contribution in [0.3, 0.4) is 0 Å². The molecule has 0 aliphatic rings. The maximum absolute atomic E-state index is 13.8. The van der Waals surface area contributed by atoms with Gasteiger partial charge in [-0.3, -0.25) is 4.72 Å². The highest BCUT2D eigenvalue weighted by atomic mass is 32.2. The molecule has 0 aliphatic heterocycles. The summed E-state index contributed by atoms with van der Waals surface area (Å²) in [6.45, 7) is 3.30. The molecule has 0 unspecified atom stereocenters. The Kier molecular flexibility index (Phi) is 4.70. The SMILES string of the molecule is COC(=O)c1cc(C)c(F)cc1NS(=O)(=O)c1ccc(C)cc1. The molecule has 0 heterocycles. The molecule has 23 heavy (non-hydrogen) atoms. The second-order valence-electron chi connectivity index (χ2n) is 5.06. The lowest BCUT2D eigenvalue weighted by molar-refractivity contribution is 0.0602. The number of ether oxygens (including phenoxy) is 1. The number of halogens is 1. The summed E-state index contributed by atoms with van der Waals surface area (Å²) in [5.41, 5.74) is 0.895. The molecule has 5 nitrogen and oxygen atoms in total. The Balaban J connectivity index is 2.48. The first-order valence-electron chi connectivity index (χ1n) is 6.72. The third-order valence-corrected chi connectivity index (χ3v) is 4.66. The van der Waals surface area contributed by atoms with Gasteiger partial charge in [-0.2, -0.15) is 0 Å². The first kappa shape index (κ1) is 17.0. The molecule has 2 aromatic carbocycles. The average Bonchev–Trinajstić information content (AvgIpc) is 2.50.